The van der Waals surface area contributed by atoms with Crippen LogP contribution in [0.5, 0.6) is 0 Å². The molecule has 3 N–H and O–H groups in total. The van der Waals surface area contributed by atoms with Gasteiger partial charge in [0.25, 0.3) is 0 Å². The minimum absolute atomic E-state index is 0.307. The standard InChI is InChI=1S/C12H10F6O4/c13-11(14,15)5-2-1-3-6(12(16,17)18)9(5)10(22)7(19)4-8(20)21/h1-3,7,10,19,22H,4H2,(H,20,21). The summed E-state index contributed by atoms with van der Waals surface area (Å²) in [5.74, 6) is -1.69. The molecule has 22 heavy (non-hydrogen) atoms. The lowest BCUT2D eigenvalue weighted by molar-refractivity contribution is -0.148. The average Bonchev–Trinajstić information content (AvgIpc) is 2.34. The van der Waals surface area contributed by atoms with Crippen molar-refractivity contribution in [3.8, 4) is 0 Å². The number of carbonyl (C=O) groups is 1. The Morgan fingerprint density at radius 1 is 1.00 bits per heavy atom. The third-order valence-electron chi connectivity index (χ3n) is 2.76. The number of benzene rings is 1. The fourth-order valence-corrected chi connectivity index (χ4v) is 1.86. The van der Waals surface area contributed by atoms with Crippen molar-refractivity contribution in [3.63, 3.8) is 0 Å². The fraction of sp³-hybridized carbons (Fsp3) is 0.417. The largest absolute Gasteiger partial charge is 0.481 e. The molecule has 0 aliphatic carbocycles. The Labute approximate surface area is 119 Å². The van der Waals surface area contributed by atoms with Gasteiger partial charge in [0.05, 0.1) is 23.7 Å². The Hall–Kier alpha value is -1.81. The van der Waals surface area contributed by atoms with Crippen molar-refractivity contribution in [2.75, 3.05) is 0 Å². The molecule has 124 valence electrons. The zero-order valence-corrected chi connectivity index (χ0v) is 10.6. The van der Waals surface area contributed by atoms with E-state index in [1.165, 1.54) is 0 Å². The summed E-state index contributed by atoms with van der Waals surface area (Å²) in [6, 6.07) is 1.12. The van der Waals surface area contributed by atoms with E-state index in [1.807, 2.05) is 0 Å². The van der Waals surface area contributed by atoms with Crippen molar-refractivity contribution >= 4 is 5.97 Å². The van der Waals surface area contributed by atoms with Gasteiger partial charge in [-0.25, -0.2) is 0 Å². The lowest BCUT2D eigenvalue weighted by Crippen LogP contribution is -2.27. The Morgan fingerprint density at radius 2 is 1.41 bits per heavy atom. The van der Waals surface area contributed by atoms with E-state index in [0.717, 1.165) is 0 Å². The number of halogens is 6. The smallest absolute Gasteiger partial charge is 0.416 e. The van der Waals surface area contributed by atoms with E-state index in [-0.39, 0.29) is 0 Å². The van der Waals surface area contributed by atoms with E-state index in [2.05, 4.69) is 0 Å². The molecule has 1 rings (SSSR count). The van der Waals surface area contributed by atoms with Gasteiger partial charge in [-0.1, -0.05) is 6.07 Å². The number of rotatable bonds is 4. The van der Waals surface area contributed by atoms with Crippen molar-refractivity contribution in [1.29, 1.82) is 0 Å². The summed E-state index contributed by atoms with van der Waals surface area (Å²) in [5, 5.41) is 27.4. The predicted octanol–water partition coefficient (Wildman–Crippen LogP) is 2.59. The molecule has 0 aliphatic heterocycles. The Bertz CT molecular complexity index is 519. The molecule has 0 bridgehead atoms. The van der Waals surface area contributed by atoms with E-state index in [4.69, 9.17) is 5.11 Å². The first-order valence-electron chi connectivity index (χ1n) is 5.71. The quantitative estimate of drug-likeness (QED) is 0.741. The molecule has 0 saturated heterocycles. The molecular formula is C12H10F6O4. The maximum absolute atomic E-state index is 12.8. The number of aliphatic carboxylic acids is 1. The van der Waals surface area contributed by atoms with Gasteiger partial charge in [0.2, 0.25) is 0 Å². The maximum Gasteiger partial charge on any atom is 0.416 e. The molecule has 0 fully saturated rings. The average molecular weight is 332 g/mol. The molecule has 4 nitrogen and oxygen atoms in total. The summed E-state index contributed by atoms with van der Waals surface area (Å²) in [4.78, 5) is 10.4. The predicted molar refractivity (Wildman–Crippen MR) is 59.7 cm³/mol. The highest BCUT2D eigenvalue weighted by Gasteiger charge is 2.43. The van der Waals surface area contributed by atoms with Crippen molar-refractivity contribution in [1.82, 2.24) is 0 Å². The minimum atomic E-state index is -5.22. The summed E-state index contributed by atoms with van der Waals surface area (Å²) in [6.07, 6.45) is -16.7. The lowest BCUT2D eigenvalue weighted by Gasteiger charge is -2.24. The van der Waals surface area contributed by atoms with Crippen LogP contribution in [-0.2, 0) is 17.1 Å². The van der Waals surface area contributed by atoms with E-state index in [9.17, 15) is 41.4 Å². The summed E-state index contributed by atoms with van der Waals surface area (Å²) in [6.45, 7) is 0. The summed E-state index contributed by atoms with van der Waals surface area (Å²) in [7, 11) is 0. The molecule has 0 saturated carbocycles. The first kappa shape index (κ1) is 18.2. The first-order chi connectivity index (χ1) is 9.85. The number of hydrogen-bond acceptors (Lipinski definition) is 3. The van der Waals surface area contributed by atoms with E-state index >= 15 is 0 Å². The molecule has 1 aromatic rings. The van der Waals surface area contributed by atoms with Crippen LogP contribution in [-0.4, -0.2) is 27.4 Å². The molecule has 0 aliphatic rings. The summed E-state index contributed by atoms with van der Waals surface area (Å²) in [5.41, 5.74) is -5.19. The van der Waals surface area contributed by atoms with Crippen molar-refractivity contribution in [3.05, 3.63) is 34.9 Å². The zero-order chi connectivity index (χ0) is 17.3. The number of carboxylic acid groups (broad SMARTS) is 1. The highest BCUT2D eigenvalue weighted by molar-refractivity contribution is 5.67. The molecule has 0 heterocycles. The SMILES string of the molecule is O=C(O)CC(O)C(O)c1c(C(F)(F)F)cccc1C(F)(F)F. The molecule has 0 aromatic heterocycles. The van der Waals surface area contributed by atoms with Crippen molar-refractivity contribution < 1.29 is 46.5 Å². The number of hydrogen-bond donors (Lipinski definition) is 3. The highest BCUT2D eigenvalue weighted by atomic mass is 19.4. The van der Waals surface area contributed by atoms with Crippen LogP contribution in [0.3, 0.4) is 0 Å². The van der Waals surface area contributed by atoms with Gasteiger partial charge in [-0.3, -0.25) is 4.79 Å². The summed E-state index contributed by atoms with van der Waals surface area (Å²) >= 11 is 0. The van der Waals surface area contributed by atoms with Crippen LogP contribution in [0.1, 0.15) is 29.2 Å². The molecule has 1 aromatic carbocycles. The van der Waals surface area contributed by atoms with Crippen LogP contribution in [0.25, 0.3) is 0 Å². The monoisotopic (exact) mass is 332 g/mol. The Kier molecular flexibility index (Phi) is 5.08. The maximum atomic E-state index is 12.8. The highest BCUT2D eigenvalue weighted by Crippen LogP contribution is 2.42. The number of aliphatic hydroxyl groups excluding tert-OH is 2. The van der Waals surface area contributed by atoms with E-state index < -0.39 is 53.6 Å². The van der Waals surface area contributed by atoms with Crippen LogP contribution in [0.15, 0.2) is 18.2 Å². The van der Waals surface area contributed by atoms with Crippen molar-refractivity contribution in [2.24, 2.45) is 0 Å². The molecular weight excluding hydrogens is 322 g/mol. The first-order valence-corrected chi connectivity index (χ1v) is 5.71. The molecule has 2 unspecified atom stereocenters. The van der Waals surface area contributed by atoms with E-state index in [0.29, 0.717) is 18.2 Å². The van der Waals surface area contributed by atoms with E-state index in [1.54, 1.807) is 0 Å². The molecule has 10 heteroatoms. The second-order valence-corrected chi connectivity index (χ2v) is 4.37. The van der Waals surface area contributed by atoms with Gasteiger partial charge in [0, 0.05) is 5.56 Å². The molecule has 2 atom stereocenters. The van der Waals surface area contributed by atoms with Crippen molar-refractivity contribution in [2.45, 2.75) is 31.0 Å². The molecule has 0 spiro atoms. The minimum Gasteiger partial charge on any atom is -0.481 e. The normalized spacial score (nSPS) is 15.5. The third-order valence-corrected chi connectivity index (χ3v) is 2.76. The van der Waals surface area contributed by atoms with Gasteiger partial charge < -0.3 is 15.3 Å². The fourth-order valence-electron chi connectivity index (χ4n) is 1.86. The van der Waals surface area contributed by atoms with Crippen LogP contribution in [0, 0.1) is 0 Å². The summed E-state index contributed by atoms with van der Waals surface area (Å²) < 4.78 is 77.0. The number of carboxylic acids is 1. The van der Waals surface area contributed by atoms with Gasteiger partial charge in [0.1, 0.15) is 6.10 Å². The van der Waals surface area contributed by atoms with Crippen LogP contribution < -0.4 is 0 Å². The molecule has 0 radical (unpaired) electrons. The lowest BCUT2D eigenvalue weighted by atomic mass is 9.91. The van der Waals surface area contributed by atoms with Crippen LogP contribution in [0.2, 0.25) is 0 Å². The van der Waals surface area contributed by atoms with Gasteiger partial charge in [0.15, 0.2) is 0 Å². The van der Waals surface area contributed by atoms with Gasteiger partial charge in [-0.2, -0.15) is 26.3 Å². The van der Waals surface area contributed by atoms with Gasteiger partial charge in [-0.05, 0) is 12.1 Å². The third kappa shape index (κ3) is 4.10. The second kappa shape index (κ2) is 6.13. The Balaban J connectivity index is 3.50. The molecule has 0 amide bonds. The second-order valence-electron chi connectivity index (χ2n) is 4.37. The van der Waals surface area contributed by atoms with Crippen LogP contribution >= 0.6 is 0 Å². The van der Waals surface area contributed by atoms with Gasteiger partial charge >= 0.3 is 18.3 Å². The number of aliphatic hydroxyl groups is 2. The Morgan fingerprint density at radius 3 is 1.73 bits per heavy atom. The zero-order valence-electron chi connectivity index (χ0n) is 10.6. The van der Waals surface area contributed by atoms with Gasteiger partial charge in [-0.15, -0.1) is 0 Å². The van der Waals surface area contributed by atoms with Crippen LogP contribution in [0.4, 0.5) is 26.3 Å². The topological polar surface area (TPSA) is 77.8 Å². The number of alkyl halides is 6.